The van der Waals surface area contributed by atoms with E-state index in [1.807, 2.05) is 6.07 Å². The highest BCUT2D eigenvalue weighted by atomic mass is 15.0. The molecule has 0 bridgehead atoms. The van der Waals surface area contributed by atoms with Crippen molar-refractivity contribution >= 4 is 38.9 Å². The normalized spacial score (nSPS) is 12.9. The molecule has 0 saturated carbocycles. The van der Waals surface area contributed by atoms with Crippen LogP contribution in [0.25, 0.3) is 60.9 Å². The third-order valence-electron chi connectivity index (χ3n) is 8.62. The van der Waals surface area contributed by atoms with E-state index in [-0.39, 0.29) is 0 Å². The summed E-state index contributed by atoms with van der Waals surface area (Å²) in [5.74, 6) is 0. The number of aromatic nitrogens is 1. The monoisotopic (exact) mass is 564 g/mol. The number of nitrogens with zero attached hydrogens (tertiary/aromatic N) is 1. The number of fused-ring (bicyclic) bond motifs is 3. The molecule has 1 aliphatic rings. The molecule has 0 spiro atoms. The molecule has 6 aromatic carbocycles. The molecular formula is C42H32N2. The molecule has 0 aliphatic heterocycles. The van der Waals surface area contributed by atoms with Crippen molar-refractivity contribution < 1.29 is 0 Å². The van der Waals surface area contributed by atoms with Gasteiger partial charge in [0.05, 0.1) is 11.0 Å². The number of nitrogens with one attached hydrogen (secondary N) is 1. The first-order valence-electron chi connectivity index (χ1n) is 15.3. The average Bonchev–Trinajstić information content (AvgIpc) is 3.44. The molecule has 0 atom stereocenters. The minimum Gasteiger partial charge on any atom is -0.356 e. The van der Waals surface area contributed by atoms with Crippen molar-refractivity contribution in [2.75, 3.05) is 5.32 Å². The van der Waals surface area contributed by atoms with E-state index < -0.39 is 0 Å². The Kier molecular flexibility index (Phi) is 6.66. The molecule has 0 fully saturated rings. The van der Waals surface area contributed by atoms with Gasteiger partial charge < -0.3 is 9.88 Å². The minimum absolute atomic E-state index is 1.07. The van der Waals surface area contributed by atoms with E-state index in [1.54, 1.807) is 0 Å². The van der Waals surface area contributed by atoms with Gasteiger partial charge in [-0.2, -0.15) is 0 Å². The van der Waals surface area contributed by atoms with Crippen LogP contribution in [-0.4, -0.2) is 4.57 Å². The van der Waals surface area contributed by atoms with Gasteiger partial charge in [-0.25, -0.2) is 0 Å². The van der Waals surface area contributed by atoms with Gasteiger partial charge in [0.15, 0.2) is 0 Å². The zero-order valence-corrected chi connectivity index (χ0v) is 24.4. The van der Waals surface area contributed by atoms with Gasteiger partial charge in [0.25, 0.3) is 0 Å². The van der Waals surface area contributed by atoms with E-state index in [4.69, 9.17) is 0 Å². The van der Waals surface area contributed by atoms with Gasteiger partial charge in [-0.3, -0.25) is 0 Å². The first-order chi connectivity index (χ1) is 21.8. The topological polar surface area (TPSA) is 17.0 Å². The van der Waals surface area contributed by atoms with Crippen molar-refractivity contribution in [2.45, 2.75) is 12.8 Å². The highest BCUT2D eigenvalue weighted by Crippen LogP contribution is 2.36. The molecule has 2 nitrogen and oxygen atoms in total. The summed E-state index contributed by atoms with van der Waals surface area (Å²) >= 11 is 0. The Morgan fingerprint density at radius 3 is 1.59 bits per heavy atom. The van der Waals surface area contributed by atoms with Crippen LogP contribution in [0.2, 0.25) is 0 Å². The van der Waals surface area contributed by atoms with E-state index >= 15 is 0 Å². The fraction of sp³-hybridized carbons (Fsp3) is 0.0476. The number of hydrogen-bond acceptors (Lipinski definition) is 1. The fourth-order valence-corrected chi connectivity index (χ4v) is 6.34. The zero-order valence-electron chi connectivity index (χ0n) is 24.4. The Labute approximate surface area is 258 Å². The Morgan fingerprint density at radius 2 is 0.955 bits per heavy atom. The van der Waals surface area contributed by atoms with Gasteiger partial charge in [-0.15, -0.1) is 0 Å². The third-order valence-corrected chi connectivity index (χ3v) is 8.62. The molecule has 44 heavy (non-hydrogen) atoms. The largest absolute Gasteiger partial charge is 0.356 e. The Balaban J connectivity index is 1.02. The zero-order chi connectivity index (χ0) is 29.3. The Morgan fingerprint density at radius 1 is 0.432 bits per heavy atom. The van der Waals surface area contributed by atoms with Crippen LogP contribution in [0.1, 0.15) is 12.8 Å². The van der Waals surface area contributed by atoms with Crippen molar-refractivity contribution in [3.8, 4) is 33.4 Å². The number of anilines is 2. The highest BCUT2D eigenvalue weighted by molar-refractivity contribution is 6.11. The molecule has 210 valence electrons. The van der Waals surface area contributed by atoms with Crippen LogP contribution < -0.4 is 5.32 Å². The maximum Gasteiger partial charge on any atom is 0.0541 e. The lowest BCUT2D eigenvalue weighted by atomic mass is 9.99. The SMILES string of the molecule is C1=CC(n2c3ccccc3c3cc(-c4ccc(-c5ccc(Nc6ccc(-c7ccccc7)cc6)cc5)cc4)ccc32)=CCC1. The molecule has 0 amide bonds. The van der Waals surface area contributed by atoms with Crippen molar-refractivity contribution in [2.24, 2.45) is 0 Å². The number of rotatable bonds is 6. The second-order valence-corrected chi connectivity index (χ2v) is 11.4. The maximum absolute atomic E-state index is 3.53. The van der Waals surface area contributed by atoms with Gasteiger partial charge >= 0.3 is 0 Å². The first-order valence-corrected chi connectivity index (χ1v) is 15.3. The van der Waals surface area contributed by atoms with Gasteiger partial charge in [0, 0.05) is 27.8 Å². The smallest absolute Gasteiger partial charge is 0.0541 e. The molecule has 8 rings (SSSR count). The van der Waals surface area contributed by atoms with Crippen LogP contribution >= 0.6 is 0 Å². The molecule has 1 heterocycles. The van der Waals surface area contributed by atoms with E-state index in [1.165, 1.54) is 60.9 Å². The van der Waals surface area contributed by atoms with Crippen LogP contribution in [0.5, 0.6) is 0 Å². The third kappa shape index (κ3) is 4.91. The van der Waals surface area contributed by atoms with Crippen LogP contribution in [-0.2, 0) is 0 Å². The van der Waals surface area contributed by atoms with E-state index in [2.05, 4.69) is 168 Å². The molecule has 0 radical (unpaired) electrons. The fourth-order valence-electron chi connectivity index (χ4n) is 6.34. The summed E-state index contributed by atoms with van der Waals surface area (Å²) in [5, 5.41) is 6.12. The van der Waals surface area contributed by atoms with Gasteiger partial charge in [-0.05, 0) is 94.8 Å². The first kappa shape index (κ1) is 26.1. The predicted octanol–water partition coefficient (Wildman–Crippen LogP) is 11.7. The van der Waals surface area contributed by atoms with E-state index in [9.17, 15) is 0 Å². The Bertz CT molecular complexity index is 2150. The Hall–Kier alpha value is -5.60. The standard InChI is InChI=1S/C42H32N2/c1-3-9-30(10-4-1)32-19-24-36(25-20-32)43-37-26-21-33(22-27-37)31-15-17-34(18-16-31)35-23-28-42-40(29-35)39-13-7-8-14-41(39)44(42)38-11-5-2-6-12-38/h1,3-5,7-29,43H,2,6H2. The lowest BCUT2D eigenvalue weighted by Crippen LogP contribution is -1.96. The summed E-state index contributed by atoms with van der Waals surface area (Å²) in [4.78, 5) is 0. The number of para-hydroxylation sites is 1. The van der Waals surface area contributed by atoms with Crippen LogP contribution in [0, 0.1) is 0 Å². The highest BCUT2D eigenvalue weighted by Gasteiger charge is 2.14. The molecule has 2 heteroatoms. The maximum atomic E-state index is 3.53. The van der Waals surface area contributed by atoms with Gasteiger partial charge in [-0.1, -0.05) is 115 Å². The van der Waals surface area contributed by atoms with Crippen molar-refractivity contribution in [1.29, 1.82) is 0 Å². The van der Waals surface area contributed by atoms with E-state index in [0.717, 1.165) is 24.2 Å². The molecule has 0 unspecified atom stereocenters. The van der Waals surface area contributed by atoms with Gasteiger partial charge in [0.1, 0.15) is 0 Å². The van der Waals surface area contributed by atoms with Crippen LogP contribution in [0.15, 0.2) is 164 Å². The van der Waals surface area contributed by atoms with Crippen LogP contribution in [0.3, 0.4) is 0 Å². The second-order valence-electron chi connectivity index (χ2n) is 11.4. The summed E-state index contributed by atoms with van der Waals surface area (Å²) in [6, 6.07) is 52.3. The second kappa shape index (κ2) is 11.2. The molecule has 0 saturated heterocycles. The molecule has 1 aromatic heterocycles. The minimum atomic E-state index is 1.07. The quantitative estimate of drug-likeness (QED) is 0.213. The number of benzene rings is 6. The summed E-state index contributed by atoms with van der Waals surface area (Å²) in [5.41, 5.74) is 13.2. The summed E-state index contributed by atoms with van der Waals surface area (Å²) in [6.45, 7) is 0. The van der Waals surface area contributed by atoms with Crippen molar-refractivity contribution in [1.82, 2.24) is 4.57 Å². The summed E-state index contributed by atoms with van der Waals surface area (Å²) in [6.07, 6.45) is 9.09. The molecule has 1 aliphatic carbocycles. The van der Waals surface area contributed by atoms with Crippen LogP contribution in [0.4, 0.5) is 11.4 Å². The predicted molar refractivity (Wildman–Crippen MR) is 188 cm³/mol. The van der Waals surface area contributed by atoms with Crippen molar-refractivity contribution in [3.05, 3.63) is 164 Å². The van der Waals surface area contributed by atoms with Crippen molar-refractivity contribution in [3.63, 3.8) is 0 Å². The molecular weight excluding hydrogens is 532 g/mol. The lowest BCUT2D eigenvalue weighted by molar-refractivity contribution is 1.02. The number of hydrogen-bond donors (Lipinski definition) is 1. The lowest BCUT2D eigenvalue weighted by Gasteiger charge is -2.12. The summed E-state index contributed by atoms with van der Waals surface area (Å²) in [7, 11) is 0. The summed E-state index contributed by atoms with van der Waals surface area (Å²) < 4.78 is 2.41. The number of allylic oxidation sites excluding steroid dienone is 4. The molecule has 7 aromatic rings. The van der Waals surface area contributed by atoms with E-state index in [0.29, 0.717) is 0 Å². The average molecular weight is 565 g/mol. The molecule has 1 N–H and O–H groups in total. The van der Waals surface area contributed by atoms with Gasteiger partial charge in [0.2, 0.25) is 0 Å².